The van der Waals surface area contributed by atoms with Crippen molar-refractivity contribution >= 4 is 56.4 Å². The lowest BCUT2D eigenvalue weighted by Gasteiger charge is -2.08. The fourth-order valence-corrected chi connectivity index (χ4v) is 2.88. The molecule has 4 nitrogen and oxygen atoms in total. The SMILES string of the molecule is Cc1nc2ccc(Br)cn2c1C(=O)Nc1cccc(Cl)c1Cl. The van der Waals surface area contributed by atoms with Gasteiger partial charge in [0.2, 0.25) is 0 Å². The molecule has 2 heterocycles. The highest BCUT2D eigenvalue weighted by Crippen LogP contribution is 2.30. The number of benzene rings is 1. The molecular formula is C15H10BrCl2N3O. The molecule has 0 atom stereocenters. The molecule has 7 heteroatoms. The molecule has 0 spiro atoms. The van der Waals surface area contributed by atoms with E-state index in [1.54, 1.807) is 35.7 Å². The van der Waals surface area contributed by atoms with Crippen molar-refractivity contribution in [1.29, 1.82) is 0 Å². The van der Waals surface area contributed by atoms with Gasteiger partial charge in [0.25, 0.3) is 5.91 Å². The van der Waals surface area contributed by atoms with Gasteiger partial charge in [-0.2, -0.15) is 0 Å². The Hall–Kier alpha value is -1.56. The van der Waals surface area contributed by atoms with Gasteiger partial charge in [-0.3, -0.25) is 9.20 Å². The summed E-state index contributed by atoms with van der Waals surface area (Å²) in [7, 11) is 0. The van der Waals surface area contributed by atoms with Gasteiger partial charge in [0, 0.05) is 10.7 Å². The maximum atomic E-state index is 12.6. The first-order valence-corrected chi connectivity index (χ1v) is 7.92. The number of carbonyl (C=O) groups excluding carboxylic acids is 1. The summed E-state index contributed by atoms with van der Waals surface area (Å²) in [5.74, 6) is -0.299. The zero-order valence-electron chi connectivity index (χ0n) is 11.4. The minimum Gasteiger partial charge on any atom is -0.319 e. The molecule has 0 radical (unpaired) electrons. The smallest absolute Gasteiger partial charge is 0.274 e. The van der Waals surface area contributed by atoms with Crippen LogP contribution in [0.1, 0.15) is 16.2 Å². The molecule has 3 rings (SSSR count). The van der Waals surface area contributed by atoms with Crippen molar-refractivity contribution in [2.45, 2.75) is 6.92 Å². The third-order valence-electron chi connectivity index (χ3n) is 3.17. The fourth-order valence-electron chi connectivity index (χ4n) is 2.19. The van der Waals surface area contributed by atoms with Crippen molar-refractivity contribution in [3.63, 3.8) is 0 Å². The number of halogens is 3. The van der Waals surface area contributed by atoms with Gasteiger partial charge in [-0.15, -0.1) is 0 Å². The summed E-state index contributed by atoms with van der Waals surface area (Å²) in [4.78, 5) is 17.0. The number of imidazole rings is 1. The average Bonchev–Trinajstić information content (AvgIpc) is 2.79. The van der Waals surface area contributed by atoms with E-state index in [0.717, 1.165) is 4.47 Å². The van der Waals surface area contributed by atoms with E-state index in [4.69, 9.17) is 23.2 Å². The van der Waals surface area contributed by atoms with Crippen molar-refractivity contribution in [2.24, 2.45) is 0 Å². The van der Waals surface area contributed by atoms with Crippen molar-refractivity contribution in [1.82, 2.24) is 9.38 Å². The Balaban J connectivity index is 2.04. The van der Waals surface area contributed by atoms with Gasteiger partial charge in [-0.1, -0.05) is 29.3 Å². The normalized spacial score (nSPS) is 10.9. The molecule has 0 unspecified atom stereocenters. The highest BCUT2D eigenvalue weighted by molar-refractivity contribution is 9.10. The maximum absolute atomic E-state index is 12.6. The van der Waals surface area contributed by atoms with Crippen LogP contribution >= 0.6 is 39.1 Å². The molecular weight excluding hydrogens is 389 g/mol. The number of hydrogen-bond acceptors (Lipinski definition) is 2. The summed E-state index contributed by atoms with van der Waals surface area (Å²) in [6.07, 6.45) is 1.80. The Morgan fingerprint density at radius 1 is 1.27 bits per heavy atom. The Morgan fingerprint density at radius 2 is 2.05 bits per heavy atom. The second-order valence-corrected chi connectivity index (χ2v) is 6.38. The van der Waals surface area contributed by atoms with Crippen molar-refractivity contribution in [2.75, 3.05) is 5.32 Å². The molecule has 0 aliphatic heterocycles. The van der Waals surface area contributed by atoms with Crippen LogP contribution in [-0.4, -0.2) is 15.3 Å². The number of aryl methyl sites for hydroxylation is 1. The second kappa shape index (κ2) is 5.91. The van der Waals surface area contributed by atoms with Crippen LogP contribution in [0.4, 0.5) is 5.69 Å². The van der Waals surface area contributed by atoms with Crippen molar-refractivity contribution in [3.8, 4) is 0 Å². The molecule has 112 valence electrons. The van der Waals surface area contributed by atoms with Gasteiger partial charge >= 0.3 is 0 Å². The van der Waals surface area contributed by atoms with E-state index in [2.05, 4.69) is 26.2 Å². The number of hydrogen-bond donors (Lipinski definition) is 1. The first-order chi connectivity index (χ1) is 10.5. The molecule has 2 aromatic heterocycles. The molecule has 0 saturated carbocycles. The van der Waals surface area contributed by atoms with Crippen LogP contribution in [0.2, 0.25) is 10.0 Å². The van der Waals surface area contributed by atoms with Crippen LogP contribution < -0.4 is 5.32 Å². The van der Waals surface area contributed by atoms with E-state index in [0.29, 0.717) is 32.8 Å². The Morgan fingerprint density at radius 3 is 2.82 bits per heavy atom. The number of amides is 1. The summed E-state index contributed by atoms with van der Waals surface area (Å²) in [6, 6.07) is 8.79. The zero-order chi connectivity index (χ0) is 15.9. The van der Waals surface area contributed by atoms with Crippen LogP contribution in [0.15, 0.2) is 41.0 Å². The Labute approximate surface area is 145 Å². The van der Waals surface area contributed by atoms with Crippen molar-refractivity contribution < 1.29 is 4.79 Å². The minimum absolute atomic E-state index is 0.299. The number of rotatable bonds is 2. The van der Waals surface area contributed by atoms with Gasteiger partial charge in [-0.05, 0) is 47.1 Å². The standard InChI is InChI=1S/C15H10BrCl2N3O/c1-8-14(21-7-9(16)5-6-12(21)19-8)15(22)20-11-4-2-3-10(17)13(11)18/h2-7H,1H3,(H,20,22). The third kappa shape index (κ3) is 2.72. The predicted octanol–water partition coefficient (Wildman–Crippen LogP) is 4.96. The summed E-state index contributed by atoms with van der Waals surface area (Å²) < 4.78 is 2.58. The van der Waals surface area contributed by atoms with E-state index < -0.39 is 0 Å². The summed E-state index contributed by atoms with van der Waals surface area (Å²) in [5, 5.41) is 3.47. The van der Waals surface area contributed by atoms with Gasteiger partial charge in [-0.25, -0.2) is 4.98 Å². The number of nitrogens with one attached hydrogen (secondary N) is 1. The van der Waals surface area contributed by atoms with E-state index in [1.807, 2.05) is 12.1 Å². The molecule has 0 saturated heterocycles. The number of anilines is 1. The predicted molar refractivity (Wildman–Crippen MR) is 92.0 cm³/mol. The number of fused-ring (bicyclic) bond motifs is 1. The Bertz CT molecular complexity index is 892. The quantitative estimate of drug-likeness (QED) is 0.662. The number of nitrogens with zero attached hydrogens (tertiary/aromatic N) is 2. The second-order valence-electron chi connectivity index (χ2n) is 4.68. The zero-order valence-corrected chi connectivity index (χ0v) is 14.5. The maximum Gasteiger partial charge on any atom is 0.274 e. The first-order valence-electron chi connectivity index (χ1n) is 6.37. The van der Waals surface area contributed by atoms with Crippen LogP contribution in [0, 0.1) is 6.92 Å². The van der Waals surface area contributed by atoms with Gasteiger partial charge in [0.05, 0.1) is 21.4 Å². The van der Waals surface area contributed by atoms with Crippen LogP contribution in [0.5, 0.6) is 0 Å². The number of carbonyl (C=O) groups is 1. The highest BCUT2D eigenvalue weighted by atomic mass is 79.9. The number of aromatic nitrogens is 2. The van der Waals surface area contributed by atoms with Crippen molar-refractivity contribution in [3.05, 3.63) is 62.4 Å². The lowest BCUT2D eigenvalue weighted by molar-refractivity contribution is 0.102. The molecule has 1 amide bonds. The number of pyridine rings is 1. The molecule has 3 aromatic rings. The largest absolute Gasteiger partial charge is 0.319 e. The summed E-state index contributed by atoms with van der Waals surface area (Å²) >= 11 is 15.5. The summed E-state index contributed by atoms with van der Waals surface area (Å²) in [6.45, 7) is 1.79. The lowest BCUT2D eigenvalue weighted by Crippen LogP contribution is -2.16. The van der Waals surface area contributed by atoms with E-state index in [1.165, 1.54) is 0 Å². The topological polar surface area (TPSA) is 46.4 Å². The van der Waals surface area contributed by atoms with Gasteiger partial charge in [0.15, 0.2) is 0 Å². The van der Waals surface area contributed by atoms with Gasteiger partial charge < -0.3 is 5.32 Å². The molecule has 0 aliphatic rings. The third-order valence-corrected chi connectivity index (χ3v) is 4.46. The lowest BCUT2D eigenvalue weighted by atomic mass is 10.2. The van der Waals surface area contributed by atoms with E-state index in [9.17, 15) is 4.79 Å². The minimum atomic E-state index is -0.299. The molecule has 1 aromatic carbocycles. The molecule has 0 fully saturated rings. The Kier molecular flexibility index (Phi) is 4.12. The molecule has 0 aliphatic carbocycles. The van der Waals surface area contributed by atoms with E-state index in [-0.39, 0.29) is 5.91 Å². The first kappa shape index (κ1) is 15.3. The summed E-state index contributed by atoms with van der Waals surface area (Å²) in [5.41, 5.74) is 2.24. The van der Waals surface area contributed by atoms with Gasteiger partial charge in [0.1, 0.15) is 11.3 Å². The monoisotopic (exact) mass is 397 g/mol. The van der Waals surface area contributed by atoms with Crippen LogP contribution in [0.3, 0.4) is 0 Å². The molecule has 1 N–H and O–H groups in total. The molecule has 0 bridgehead atoms. The highest BCUT2D eigenvalue weighted by Gasteiger charge is 2.18. The fraction of sp³-hybridized carbons (Fsp3) is 0.0667. The molecule has 22 heavy (non-hydrogen) atoms. The average molecular weight is 399 g/mol. The van der Waals surface area contributed by atoms with E-state index >= 15 is 0 Å². The van der Waals surface area contributed by atoms with Crippen LogP contribution in [0.25, 0.3) is 5.65 Å². The van der Waals surface area contributed by atoms with Crippen LogP contribution in [-0.2, 0) is 0 Å².